The van der Waals surface area contributed by atoms with Gasteiger partial charge in [0.2, 0.25) is 0 Å². The third-order valence-electron chi connectivity index (χ3n) is 4.89. The highest BCUT2D eigenvalue weighted by Gasteiger charge is 2.18. The minimum absolute atomic E-state index is 0.266. The van der Waals surface area contributed by atoms with Crippen LogP contribution in [0, 0.1) is 0 Å². The average Bonchev–Trinajstić information content (AvgIpc) is 2.69. The van der Waals surface area contributed by atoms with Gasteiger partial charge in [0.25, 0.3) is 5.91 Å². The van der Waals surface area contributed by atoms with Crippen LogP contribution in [0.1, 0.15) is 43.5 Å². The molecular formula is C22H27N3O2S. The second-order valence-electron chi connectivity index (χ2n) is 6.95. The molecule has 0 radical (unpaired) electrons. The van der Waals surface area contributed by atoms with E-state index in [4.69, 9.17) is 17.0 Å². The molecular weight excluding hydrogens is 370 g/mol. The molecule has 1 saturated heterocycles. The molecule has 0 aromatic heterocycles. The van der Waals surface area contributed by atoms with Gasteiger partial charge in [0, 0.05) is 29.5 Å². The van der Waals surface area contributed by atoms with Gasteiger partial charge in [0.05, 0.1) is 6.61 Å². The summed E-state index contributed by atoms with van der Waals surface area (Å²) >= 11 is 5.29. The maximum Gasteiger partial charge on any atom is 0.257 e. The van der Waals surface area contributed by atoms with Gasteiger partial charge in [-0.25, -0.2) is 0 Å². The number of carbonyl (C=O) groups excluding carboxylic acids is 1. The summed E-state index contributed by atoms with van der Waals surface area (Å²) in [5.74, 6) is 0.398. The molecule has 2 aromatic carbocycles. The molecule has 0 saturated carbocycles. The number of thiocarbonyl (C=S) groups is 1. The van der Waals surface area contributed by atoms with Crippen LogP contribution in [-0.2, 0) is 0 Å². The lowest BCUT2D eigenvalue weighted by molar-refractivity contribution is 0.0977. The zero-order valence-electron chi connectivity index (χ0n) is 16.4. The van der Waals surface area contributed by atoms with E-state index in [2.05, 4.69) is 34.6 Å². The van der Waals surface area contributed by atoms with Gasteiger partial charge in [-0.05, 0) is 87.8 Å². The second-order valence-corrected chi connectivity index (χ2v) is 7.36. The molecule has 1 aliphatic rings. The fourth-order valence-electron chi connectivity index (χ4n) is 3.45. The number of amides is 1. The molecule has 1 atom stereocenters. The lowest BCUT2D eigenvalue weighted by Crippen LogP contribution is -2.37. The van der Waals surface area contributed by atoms with Crippen LogP contribution in [0.4, 0.5) is 11.4 Å². The van der Waals surface area contributed by atoms with Crippen molar-refractivity contribution in [3.05, 3.63) is 54.1 Å². The van der Waals surface area contributed by atoms with Crippen molar-refractivity contribution in [3.63, 3.8) is 0 Å². The quantitative estimate of drug-likeness (QED) is 0.723. The monoisotopic (exact) mass is 397 g/mol. The van der Waals surface area contributed by atoms with Crippen LogP contribution in [0.15, 0.2) is 48.5 Å². The summed E-state index contributed by atoms with van der Waals surface area (Å²) in [4.78, 5) is 14.8. The van der Waals surface area contributed by atoms with Crippen molar-refractivity contribution in [1.29, 1.82) is 0 Å². The van der Waals surface area contributed by atoms with E-state index in [0.29, 0.717) is 24.0 Å². The number of hydrogen-bond acceptors (Lipinski definition) is 4. The predicted molar refractivity (Wildman–Crippen MR) is 118 cm³/mol. The molecule has 1 amide bonds. The largest absolute Gasteiger partial charge is 0.494 e. The Hall–Kier alpha value is -2.60. The Morgan fingerprint density at radius 2 is 2.00 bits per heavy atom. The third kappa shape index (κ3) is 5.23. The normalized spacial score (nSPS) is 16.4. The van der Waals surface area contributed by atoms with Crippen molar-refractivity contribution in [2.75, 3.05) is 23.4 Å². The van der Waals surface area contributed by atoms with E-state index in [0.717, 1.165) is 12.2 Å². The number of carbonyl (C=O) groups is 1. The van der Waals surface area contributed by atoms with E-state index in [-0.39, 0.29) is 11.0 Å². The van der Waals surface area contributed by atoms with Crippen molar-refractivity contribution < 1.29 is 9.53 Å². The molecule has 148 valence electrons. The van der Waals surface area contributed by atoms with Crippen molar-refractivity contribution in [3.8, 4) is 5.75 Å². The standard InChI is InChI=1S/C22H27N3O2S/c1-3-27-20-9-6-8-17(15-20)21(26)24-22(28)23-18-10-12-19(13-11-18)25-14-5-4-7-16(25)2/h6,8-13,15-16H,3-5,7,14H2,1-2H3,(H2,23,24,26,28)/t16-/m1/s1. The van der Waals surface area contributed by atoms with Crippen LogP contribution in [-0.4, -0.2) is 30.2 Å². The molecule has 5 nitrogen and oxygen atoms in total. The number of benzene rings is 2. The third-order valence-corrected chi connectivity index (χ3v) is 5.10. The summed E-state index contributed by atoms with van der Waals surface area (Å²) in [6.45, 7) is 5.83. The number of nitrogens with one attached hydrogen (secondary N) is 2. The van der Waals surface area contributed by atoms with Crippen LogP contribution in [0.2, 0.25) is 0 Å². The van der Waals surface area contributed by atoms with E-state index < -0.39 is 0 Å². The number of nitrogens with zero attached hydrogens (tertiary/aromatic N) is 1. The minimum atomic E-state index is -0.266. The summed E-state index contributed by atoms with van der Waals surface area (Å²) in [6, 6.07) is 15.8. The highest BCUT2D eigenvalue weighted by molar-refractivity contribution is 7.80. The van der Waals surface area contributed by atoms with Crippen LogP contribution in [0.25, 0.3) is 0 Å². The molecule has 1 heterocycles. The minimum Gasteiger partial charge on any atom is -0.494 e. The lowest BCUT2D eigenvalue weighted by Gasteiger charge is -2.35. The zero-order valence-corrected chi connectivity index (χ0v) is 17.2. The first-order chi connectivity index (χ1) is 13.6. The molecule has 1 fully saturated rings. The van der Waals surface area contributed by atoms with Gasteiger partial charge in [-0.1, -0.05) is 6.07 Å². The summed E-state index contributed by atoms with van der Waals surface area (Å²) in [6.07, 6.45) is 3.78. The molecule has 0 spiro atoms. The second kappa shape index (κ2) is 9.55. The van der Waals surface area contributed by atoms with Gasteiger partial charge in [0.15, 0.2) is 5.11 Å². The maximum absolute atomic E-state index is 12.4. The number of piperidine rings is 1. The van der Waals surface area contributed by atoms with Crippen molar-refractivity contribution in [2.45, 2.75) is 39.2 Å². The molecule has 2 N–H and O–H groups in total. The van der Waals surface area contributed by atoms with E-state index >= 15 is 0 Å². The van der Waals surface area contributed by atoms with E-state index in [1.165, 1.54) is 24.9 Å². The molecule has 2 aromatic rings. The van der Waals surface area contributed by atoms with Crippen molar-refractivity contribution in [1.82, 2.24) is 5.32 Å². The Kier molecular flexibility index (Phi) is 6.87. The number of ether oxygens (including phenoxy) is 1. The molecule has 0 aliphatic carbocycles. The Morgan fingerprint density at radius 1 is 1.21 bits per heavy atom. The first kappa shape index (κ1) is 20.1. The number of anilines is 2. The first-order valence-electron chi connectivity index (χ1n) is 9.78. The van der Waals surface area contributed by atoms with Gasteiger partial charge >= 0.3 is 0 Å². The van der Waals surface area contributed by atoms with E-state index in [1.807, 2.05) is 25.1 Å². The smallest absolute Gasteiger partial charge is 0.257 e. The predicted octanol–water partition coefficient (Wildman–Crippen LogP) is 4.59. The SMILES string of the molecule is CCOc1cccc(C(=O)NC(=S)Nc2ccc(N3CCCC[C@H]3C)cc2)c1. The fraction of sp³-hybridized carbons (Fsp3) is 0.364. The Morgan fingerprint density at radius 3 is 2.71 bits per heavy atom. The average molecular weight is 398 g/mol. The fourth-order valence-corrected chi connectivity index (χ4v) is 3.66. The Balaban J connectivity index is 1.57. The summed E-state index contributed by atoms with van der Waals surface area (Å²) in [5, 5.41) is 6.06. The van der Waals surface area contributed by atoms with E-state index in [1.54, 1.807) is 18.2 Å². The lowest BCUT2D eigenvalue weighted by atomic mass is 10.0. The van der Waals surface area contributed by atoms with Crippen LogP contribution < -0.4 is 20.3 Å². The topological polar surface area (TPSA) is 53.6 Å². The summed E-state index contributed by atoms with van der Waals surface area (Å²) < 4.78 is 5.43. The van der Waals surface area contributed by atoms with Crippen LogP contribution in [0.5, 0.6) is 5.75 Å². The molecule has 3 rings (SSSR count). The van der Waals surface area contributed by atoms with Gasteiger partial charge in [-0.2, -0.15) is 0 Å². The Bertz CT molecular complexity index is 823. The van der Waals surface area contributed by atoms with Gasteiger partial charge < -0.3 is 15.0 Å². The molecule has 0 unspecified atom stereocenters. The van der Waals surface area contributed by atoms with E-state index in [9.17, 15) is 4.79 Å². The number of hydrogen-bond donors (Lipinski definition) is 2. The maximum atomic E-state index is 12.4. The Labute approximate surface area is 172 Å². The van der Waals surface area contributed by atoms with Crippen molar-refractivity contribution in [2.24, 2.45) is 0 Å². The molecule has 1 aliphatic heterocycles. The molecule has 28 heavy (non-hydrogen) atoms. The van der Waals surface area contributed by atoms with Crippen LogP contribution >= 0.6 is 12.2 Å². The molecule has 6 heteroatoms. The highest BCUT2D eigenvalue weighted by atomic mass is 32.1. The zero-order chi connectivity index (χ0) is 19.9. The highest BCUT2D eigenvalue weighted by Crippen LogP contribution is 2.25. The first-order valence-corrected chi connectivity index (χ1v) is 10.2. The number of rotatable bonds is 5. The van der Waals surface area contributed by atoms with Gasteiger partial charge in [-0.3, -0.25) is 10.1 Å². The van der Waals surface area contributed by atoms with Crippen molar-refractivity contribution >= 4 is 34.6 Å². The molecule has 0 bridgehead atoms. The van der Waals surface area contributed by atoms with Gasteiger partial charge in [0.1, 0.15) is 5.75 Å². The van der Waals surface area contributed by atoms with Gasteiger partial charge in [-0.15, -0.1) is 0 Å². The summed E-state index contributed by atoms with van der Waals surface area (Å²) in [5.41, 5.74) is 2.58. The summed E-state index contributed by atoms with van der Waals surface area (Å²) in [7, 11) is 0. The van der Waals surface area contributed by atoms with Crippen LogP contribution in [0.3, 0.4) is 0 Å².